The van der Waals surface area contributed by atoms with E-state index in [2.05, 4.69) is 45.2 Å². The Morgan fingerprint density at radius 2 is 1.94 bits per heavy atom. The maximum Gasteiger partial charge on any atom is 0.196 e. The van der Waals surface area contributed by atoms with Crippen molar-refractivity contribution in [3.8, 4) is 0 Å². The molecular formula is C16H22OS. The number of hydrogen-bond donors (Lipinski definition) is 1. The number of hydrogen-bond acceptors (Lipinski definition) is 1. The summed E-state index contributed by atoms with van der Waals surface area (Å²) in [4.78, 5) is 11.7. The molecule has 1 aromatic carbocycles. The van der Waals surface area contributed by atoms with Gasteiger partial charge in [-0.3, -0.25) is 4.79 Å². The summed E-state index contributed by atoms with van der Waals surface area (Å²) in [6, 6.07) is 8.28. The van der Waals surface area contributed by atoms with Gasteiger partial charge in [-0.05, 0) is 36.8 Å². The molecule has 1 unspecified atom stereocenters. The quantitative estimate of drug-likeness (QED) is 0.601. The van der Waals surface area contributed by atoms with E-state index in [1.165, 1.54) is 5.56 Å². The lowest BCUT2D eigenvalue weighted by molar-refractivity contribution is -0.115. The molecule has 0 bridgehead atoms. The summed E-state index contributed by atoms with van der Waals surface area (Å²) in [6.45, 7) is 10.0. The van der Waals surface area contributed by atoms with E-state index in [0.717, 1.165) is 12.0 Å². The maximum atomic E-state index is 11.7. The molecule has 0 radical (unpaired) electrons. The van der Waals surface area contributed by atoms with Gasteiger partial charge in [-0.2, -0.15) is 0 Å². The Morgan fingerprint density at radius 1 is 1.39 bits per heavy atom. The van der Waals surface area contributed by atoms with Crippen LogP contribution in [0.15, 0.2) is 36.9 Å². The normalized spacial score (nSPS) is 14.3. The third kappa shape index (κ3) is 3.49. The van der Waals surface area contributed by atoms with Gasteiger partial charge in [0.25, 0.3) is 0 Å². The van der Waals surface area contributed by atoms with Crippen LogP contribution in [0.3, 0.4) is 0 Å². The van der Waals surface area contributed by atoms with E-state index >= 15 is 0 Å². The van der Waals surface area contributed by atoms with Crippen LogP contribution in [0.25, 0.3) is 0 Å². The van der Waals surface area contributed by atoms with Crippen LogP contribution in [0.5, 0.6) is 0 Å². The first-order valence-electron chi connectivity index (χ1n) is 6.34. The van der Waals surface area contributed by atoms with E-state index in [9.17, 15) is 4.79 Å². The van der Waals surface area contributed by atoms with Gasteiger partial charge in [0.15, 0.2) is 5.12 Å². The molecule has 0 aromatic heterocycles. The summed E-state index contributed by atoms with van der Waals surface area (Å²) in [5.74, 6) is 0.641. The molecule has 0 amide bonds. The number of benzene rings is 1. The van der Waals surface area contributed by atoms with Crippen molar-refractivity contribution in [3.63, 3.8) is 0 Å². The zero-order chi connectivity index (χ0) is 13.8. The lowest BCUT2D eigenvalue weighted by Gasteiger charge is -2.25. The molecule has 98 valence electrons. The number of carbonyl (C=O) groups is 1. The molecule has 1 atom stereocenters. The molecule has 18 heavy (non-hydrogen) atoms. The lowest BCUT2D eigenvalue weighted by atomic mass is 9.80. The number of carbonyl (C=O) groups excluding carboxylic acids is 1. The van der Waals surface area contributed by atoms with Crippen molar-refractivity contribution in [1.29, 1.82) is 0 Å². The first-order chi connectivity index (χ1) is 8.40. The predicted molar refractivity (Wildman–Crippen MR) is 81.1 cm³/mol. The van der Waals surface area contributed by atoms with Crippen molar-refractivity contribution >= 4 is 17.7 Å². The molecular weight excluding hydrogens is 240 g/mol. The topological polar surface area (TPSA) is 17.1 Å². The van der Waals surface area contributed by atoms with Crippen molar-refractivity contribution < 1.29 is 4.79 Å². The van der Waals surface area contributed by atoms with E-state index in [1.54, 1.807) is 6.08 Å². The minimum absolute atomic E-state index is 0.112. The second-order valence-corrected chi connectivity index (χ2v) is 5.83. The Bertz CT molecular complexity index is 419. The Labute approximate surface area is 116 Å². The maximum absolute atomic E-state index is 11.7. The Morgan fingerprint density at radius 3 is 2.33 bits per heavy atom. The SMILES string of the molecule is C=CCC(C)(C(=O)S)c1ccc(CC(C)C)cc1. The van der Waals surface area contributed by atoms with Gasteiger partial charge < -0.3 is 0 Å². The molecule has 0 spiro atoms. The summed E-state index contributed by atoms with van der Waals surface area (Å²) in [6.07, 6.45) is 3.45. The van der Waals surface area contributed by atoms with E-state index < -0.39 is 5.41 Å². The van der Waals surface area contributed by atoms with E-state index in [1.807, 2.05) is 19.1 Å². The van der Waals surface area contributed by atoms with Crippen LogP contribution in [0.1, 0.15) is 38.3 Å². The van der Waals surface area contributed by atoms with Crippen LogP contribution < -0.4 is 0 Å². The number of thiol groups is 1. The fraction of sp³-hybridized carbons (Fsp3) is 0.438. The van der Waals surface area contributed by atoms with E-state index in [-0.39, 0.29) is 5.12 Å². The molecule has 0 heterocycles. The summed E-state index contributed by atoms with van der Waals surface area (Å²) < 4.78 is 0. The van der Waals surface area contributed by atoms with Gasteiger partial charge in [-0.25, -0.2) is 0 Å². The standard InChI is InChI=1S/C16H22OS/c1-5-10-16(4,15(17)18)14-8-6-13(7-9-14)11-12(2)3/h5-9,12H,1,10-11H2,2-4H3,(H,17,18). The first-order valence-corrected chi connectivity index (χ1v) is 6.78. The van der Waals surface area contributed by atoms with Gasteiger partial charge in [-0.1, -0.05) is 44.2 Å². The van der Waals surface area contributed by atoms with Gasteiger partial charge in [0.2, 0.25) is 0 Å². The van der Waals surface area contributed by atoms with Crippen LogP contribution in [0.4, 0.5) is 0 Å². The third-order valence-electron chi connectivity index (χ3n) is 3.26. The molecule has 0 fully saturated rings. The molecule has 0 aliphatic rings. The number of allylic oxidation sites excluding steroid dienone is 1. The van der Waals surface area contributed by atoms with Gasteiger partial charge in [-0.15, -0.1) is 19.2 Å². The minimum atomic E-state index is -0.568. The fourth-order valence-electron chi connectivity index (χ4n) is 2.10. The molecule has 0 saturated carbocycles. The molecule has 2 heteroatoms. The minimum Gasteiger partial charge on any atom is -0.286 e. The highest BCUT2D eigenvalue weighted by Crippen LogP contribution is 2.31. The molecule has 0 aliphatic carbocycles. The molecule has 0 aliphatic heterocycles. The largest absolute Gasteiger partial charge is 0.286 e. The average molecular weight is 262 g/mol. The van der Waals surface area contributed by atoms with Crippen LogP contribution in [0, 0.1) is 5.92 Å². The smallest absolute Gasteiger partial charge is 0.196 e. The fourth-order valence-corrected chi connectivity index (χ4v) is 2.32. The highest BCUT2D eigenvalue weighted by Gasteiger charge is 2.31. The second-order valence-electron chi connectivity index (χ2n) is 5.42. The van der Waals surface area contributed by atoms with Crippen LogP contribution >= 0.6 is 12.6 Å². The zero-order valence-electron chi connectivity index (χ0n) is 11.4. The predicted octanol–water partition coefficient (Wildman–Crippen LogP) is 4.18. The van der Waals surface area contributed by atoms with Crippen LogP contribution in [-0.2, 0) is 16.6 Å². The van der Waals surface area contributed by atoms with E-state index in [0.29, 0.717) is 12.3 Å². The summed E-state index contributed by atoms with van der Waals surface area (Å²) >= 11 is 4.02. The summed E-state index contributed by atoms with van der Waals surface area (Å²) in [7, 11) is 0. The van der Waals surface area contributed by atoms with Crippen molar-refractivity contribution in [2.45, 2.75) is 39.0 Å². The molecule has 1 rings (SSSR count). The summed E-state index contributed by atoms with van der Waals surface area (Å²) in [5.41, 5.74) is 1.75. The van der Waals surface area contributed by atoms with Crippen LogP contribution in [0.2, 0.25) is 0 Å². The van der Waals surface area contributed by atoms with Gasteiger partial charge >= 0.3 is 0 Å². The Balaban J connectivity index is 3.01. The average Bonchev–Trinajstić information content (AvgIpc) is 2.29. The zero-order valence-corrected chi connectivity index (χ0v) is 12.3. The third-order valence-corrected chi connectivity index (χ3v) is 3.75. The number of rotatable bonds is 6. The lowest BCUT2D eigenvalue weighted by Crippen LogP contribution is -2.28. The summed E-state index contributed by atoms with van der Waals surface area (Å²) in [5, 5.41) is -0.112. The van der Waals surface area contributed by atoms with Crippen LogP contribution in [-0.4, -0.2) is 5.12 Å². The van der Waals surface area contributed by atoms with Crippen molar-refractivity contribution in [1.82, 2.24) is 0 Å². The second kappa shape index (κ2) is 6.24. The van der Waals surface area contributed by atoms with E-state index in [4.69, 9.17) is 0 Å². The van der Waals surface area contributed by atoms with Gasteiger partial charge in [0, 0.05) is 0 Å². The molecule has 1 aromatic rings. The van der Waals surface area contributed by atoms with Crippen molar-refractivity contribution in [2.75, 3.05) is 0 Å². The Hall–Kier alpha value is -1.02. The van der Waals surface area contributed by atoms with Gasteiger partial charge in [0.05, 0.1) is 5.41 Å². The Kier molecular flexibility index (Phi) is 5.21. The molecule has 1 nitrogen and oxygen atoms in total. The first kappa shape index (κ1) is 15.0. The monoisotopic (exact) mass is 262 g/mol. The van der Waals surface area contributed by atoms with Crippen molar-refractivity contribution in [3.05, 3.63) is 48.0 Å². The highest BCUT2D eigenvalue weighted by molar-refractivity contribution is 7.96. The van der Waals surface area contributed by atoms with Crippen molar-refractivity contribution in [2.24, 2.45) is 5.92 Å². The molecule has 0 saturated heterocycles. The highest BCUT2D eigenvalue weighted by atomic mass is 32.1. The molecule has 0 N–H and O–H groups in total. The van der Waals surface area contributed by atoms with Gasteiger partial charge in [0.1, 0.15) is 0 Å².